The van der Waals surface area contributed by atoms with Crippen molar-refractivity contribution in [2.45, 2.75) is 11.6 Å². The van der Waals surface area contributed by atoms with Crippen molar-refractivity contribution in [2.24, 2.45) is 10.8 Å². The van der Waals surface area contributed by atoms with Crippen molar-refractivity contribution in [2.75, 3.05) is 11.2 Å². The van der Waals surface area contributed by atoms with E-state index in [2.05, 4.69) is 32.3 Å². The molecule has 23 heavy (non-hydrogen) atoms. The Morgan fingerprint density at radius 1 is 1.57 bits per heavy atom. The van der Waals surface area contributed by atoms with E-state index in [1.54, 1.807) is 12.1 Å². The van der Waals surface area contributed by atoms with Gasteiger partial charge in [0, 0.05) is 5.56 Å². The van der Waals surface area contributed by atoms with Crippen molar-refractivity contribution in [3.63, 3.8) is 0 Å². The molecular formula is C14H16N6O2S. The molecule has 0 unspecified atom stereocenters. The van der Waals surface area contributed by atoms with Gasteiger partial charge in [0.1, 0.15) is 5.75 Å². The van der Waals surface area contributed by atoms with E-state index in [-0.39, 0.29) is 11.5 Å². The summed E-state index contributed by atoms with van der Waals surface area (Å²) in [5.41, 5.74) is 9.05. The van der Waals surface area contributed by atoms with Gasteiger partial charge in [0.25, 0.3) is 0 Å². The number of nitrogens with zero attached hydrogens (tertiary/aromatic N) is 3. The van der Waals surface area contributed by atoms with Crippen LogP contribution in [0.1, 0.15) is 11.1 Å². The third-order valence-electron chi connectivity index (χ3n) is 2.70. The van der Waals surface area contributed by atoms with Crippen LogP contribution >= 0.6 is 11.8 Å². The fourth-order valence-corrected chi connectivity index (χ4v) is 2.23. The van der Waals surface area contributed by atoms with Gasteiger partial charge in [-0.15, -0.1) is 11.7 Å². The van der Waals surface area contributed by atoms with E-state index >= 15 is 0 Å². The van der Waals surface area contributed by atoms with E-state index in [0.717, 1.165) is 17.3 Å². The topological polar surface area (TPSA) is 129 Å². The summed E-state index contributed by atoms with van der Waals surface area (Å²) in [6, 6.07) is 5.38. The molecule has 1 aromatic heterocycles. The third-order valence-corrected chi connectivity index (χ3v) is 3.57. The predicted octanol–water partition coefficient (Wildman–Crippen LogP) is 1.26. The van der Waals surface area contributed by atoms with E-state index in [1.807, 2.05) is 12.1 Å². The summed E-state index contributed by atoms with van der Waals surface area (Å²) in [6.07, 6.45) is 3.76. The lowest BCUT2D eigenvalue weighted by molar-refractivity contribution is -0.115. The number of nitrogens with two attached hydrogens (primary N) is 1. The molecule has 0 fully saturated rings. The van der Waals surface area contributed by atoms with Gasteiger partial charge in [0.05, 0.1) is 12.0 Å². The highest BCUT2D eigenvalue weighted by Crippen LogP contribution is 2.21. The van der Waals surface area contributed by atoms with Gasteiger partial charge < -0.3 is 10.8 Å². The predicted molar refractivity (Wildman–Crippen MR) is 89.5 cm³/mol. The van der Waals surface area contributed by atoms with E-state index in [9.17, 15) is 9.90 Å². The molecule has 5 N–H and O–H groups in total. The number of rotatable bonds is 8. The summed E-state index contributed by atoms with van der Waals surface area (Å²) in [4.78, 5) is 14.8. The quantitative estimate of drug-likeness (QED) is 0.249. The summed E-state index contributed by atoms with van der Waals surface area (Å²) >= 11 is 1.12. The number of carbonyl (C=O) groups excluding carboxylic acids is 1. The average molecular weight is 332 g/mol. The molecule has 0 aliphatic heterocycles. The molecule has 0 saturated heterocycles. The Bertz CT molecular complexity index is 728. The number of carbonyl (C=O) groups is 1. The highest BCUT2D eigenvalue weighted by Gasteiger charge is 2.06. The second kappa shape index (κ2) is 7.99. The van der Waals surface area contributed by atoms with Crippen LogP contribution < -0.4 is 11.2 Å². The number of benzene rings is 1. The first-order valence-electron chi connectivity index (χ1n) is 6.64. The highest BCUT2D eigenvalue weighted by molar-refractivity contribution is 7.99. The van der Waals surface area contributed by atoms with Crippen LogP contribution in [0.4, 0.5) is 5.95 Å². The molecule has 1 aromatic carbocycles. The number of hydrogen-bond acceptors (Lipinski definition) is 7. The van der Waals surface area contributed by atoms with E-state index in [4.69, 9.17) is 5.73 Å². The zero-order valence-corrected chi connectivity index (χ0v) is 13.0. The molecule has 0 atom stereocenters. The van der Waals surface area contributed by atoms with Crippen LogP contribution in [0.5, 0.6) is 5.75 Å². The molecule has 0 aliphatic rings. The minimum absolute atomic E-state index is 0.102. The van der Waals surface area contributed by atoms with Gasteiger partial charge in [-0.2, -0.15) is 10.1 Å². The van der Waals surface area contributed by atoms with Crippen molar-refractivity contribution in [3.8, 4) is 5.75 Å². The number of amides is 1. The number of phenols is 1. The van der Waals surface area contributed by atoms with Crippen LogP contribution in [0, 0.1) is 0 Å². The molecule has 2 aromatic rings. The molecular weight excluding hydrogens is 316 g/mol. The second-order valence-corrected chi connectivity index (χ2v) is 5.38. The number of aromatic nitrogens is 3. The molecule has 0 spiro atoms. The lowest BCUT2D eigenvalue weighted by atomic mass is 10.1. The highest BCUT2D eigenvalue weighted by atomic mass is 32.2. The van der Waals surface area contributed by atoms with Gasteiger partial charge in [0.15, 0.2) is 0 Å². The minimum atomic E-state index is -0.442. The Morgan fingerprint density at radius 2 is 2.39 bits per heavy atom. The zero-order valence-electron chi connectivity index (χ0n) is 12.2. The van der Waals surface area contributed by atoms with Crippen LogP contribution in [0.15, 0.2) is 41.1 Å². The average Bonchev–Trinajstić information content (AvgIpc) is 2.97. The number of allylic oxidation sites excluding steroid dienone is 1. The molecule has 1 heterocycles. The number of H-pyrrole nitrogens is 1. The Balaban J connectivity index is 1.98. The number of primary amides is 1. The van der Waals surface area contributed by atoms with Crippen LogP contribution in [0.2, 0.25) is 0 Å². The summed E-state index contributed by atoms with van der Waals surface area (Å²) in [5, 5.41) is 21.0. The third kappa shape index (κ3) is 4.85. The maximum absolute atomic E-state index is 10.7. The molecule has 9 heteroatoms. The molecule has 120 valence electrons. The Labute approximate surface area is 136 Å². The summed E-state index contributed by atoms with van der Waals surface area (Å²) in [7, 11) is 0. The maximum Gasteiger partial charge on any atom is 0.240 e. The maximum atomic E-state index is 10.7. The number of thioether (sulfide) groups is 1. The smallest absolute Gasteiger partial charge is 0.240 e. The molecule has 8 nitrogen and oxygen atoms in total. The molecule has 0 bridgehead atoms. The SMILES string of the molecule is C=CCc1cccc(C=NNc2nc(SCC(N)=O)n[nH]2)c1O. The number of phenolic OH excluding ortho intramolecular Hbond substituents is 1. The number of anilines is 1. The number of aromatic hydroxyl groups is 1. The van der Waals surface area contributed by atoms with E-state index in [0.29, 0.717) is 23.1 Å². The van der Waals surface area contributed by atoms with Crippen LogP contribution in [-0.2, 0) is 11.2 Å². The van der Waals surface area contributed by atoms with E-state index < -0.39 is 5.91 Å². The second-order valence-electron chi connectivity index (χ2n) is 4.44. The first-order chi connectivity index (χ1) is 11.1. The van der Waals surface area contributed by atoms with Crippen molar-refractivity contribution >= 4 is 29.8 Å². The van der Waals surface area contributed by atoms with Crippen molar-refractivity contribution < 1.29 is 9.90 Å². The van der Waals surface area contributed by atoms with Gasteiger partial charge in [-0.05, 0) is 18.1 Å². The Hall–Kier alpha value is -2.81. The van der Waals surface area contributed by atoms with Crippen molar-refractivity contribution in [1.82, 2.24) is 15.2 Å². The number of hydrogen-bond donors (Lipinski definition) is 4. The molecule has 1 amide bonds. The standard InChI is InChI=1S/C14H16N6O2S/c1-2-4-9-5-3-6-10(12(9)22)7-16-18-13-17-14(20-19-13)23-8-11(15)21/h2-3,5-7,22H,1,4,8H2,(H2,15,21)(H2,17,18,19,20). The number of para-hydroxylation sites is 1. The molecule has 0 saturated carbocycles. The fraction of sp³-hybridized carbons (Fsp3) is 0.143. The molecule has 0 radical (unpaired) electrons. The Morgan fingerprint density at radius 3 is 3.13 bits per heavy atom. The number of hydrazone groups is 1. The summed E-state index contributed by atoms with van der Waals surface area (Å²) in [6.45, 7) is 3.65. The van der Waals surface area contributed by atoms with Gasteiger partial charge >= 0.3 is 0 Å². The molecule has 0 aliphatic carbocycles. The van der Waals surface area contributed by atoms with Gasteiger partial charge in [-0.25, -0.2) is 10.5 Å². The fourth-order valence-electron chi connectivity index (χ4n) is 1.70. The van der Waals surface area contributed by atoms with Crippen LogP contribution in [0.25, 0.3) is 0 Å². The van der Waals surface area contributed by atoms with Crippen LogP contribution in [0.3, 0.4) is 0 Å². The van der Waals surface area contributed by atoms with Crippen molar-refractivity contribution in [1.29, 1.82) is 0 Å². The lowest BCUT2D eigenvalue weighted by Crippen LogP contribution is -2.13. The van der Waals surface area contributed by atoms with Crippen LogP contribution in [-0.4, -0.2) is 38.2 Å². The van der Waals surface area contributed by atoms with Gasteiger partial charge in [-0.1, -0.05) is 30.0 Å². The minimum Gasteiger partial charge on any atom is -0.507 e. The first-order valence-corrected chi connectivity index (χ1v) is 7.63. The first kappa shape index (κ1) is 16.6. The Kier molecular flexibility index (Phi) is 5.75. The summed E-state index contributed by atoms with van der Waals surface area (Å²) < 4.78 is 0. The monoisotopic (exact) mass is 332 g/mol. The number of nitrogens with one attached hydrogen (secondary N) is 2. The summed E-state index contributed by atoms with van der Waals surface area (Å²) in [5.74, 6) is 0.134. The van der Waals surface area contributed by atoms with Gasteiger partial charge in [-0.3, -0.25) is 4.79 Å². The largest absolute Gasteiger partial charge is 0.507 e. The normalized spacial score (nSPS) is 10.8. The number of aromatic amines is 1. The lowest BCUT2D eigenvalue weighted by Gasteiger charge is -2.04. The molecule has 2 rings (SSSR count). The zero-order chi connectivity index (χ0) is 16.7. The van der Waals surface area contributed by atoms with Gasteiger partial charge in [0.2, 0.25) is 17.0 Å². The van der Waals surface area contributed by atoms with E-state index in [1.165, 1.54) is 6.21 Å². The van der Waals surface area contributed by atoms with Crippen molar-refractivity contribution in [3.05, 3.63) is 42.0 Å².